The first kappa shape index (κ1) is 19.6. The molecule has 0 aliphatic heterocycles. The smallest absolute Gasteiger partial charge is 0.163 e. The number of hydrogen-bond acceptors (Lipinski definition) is 4. The second kappa shape index (κ2) is 11.1. The van der Waals surface area contributed by atoms with Crippen molar-refractivity contribution >= 4 is 17.6 Å². The quantitative estimate of drug-likeness (QED) is 0.447. The minimum Gasteiger partial charge on any atom is -0.399 e. The first-order chi connectivity index (χ1) is 12.0. The van der Waals surface area contributed by atoms with Gasteiger partial charge in [0.2, 0.25) is 0 Å². The summed E-state index contributed by atoms with van der Waals surface area (Å²) in [5, 5.41) is 8.72. The SMILES string of the molecule is C\C=C/C(N)=C\C=C\C=C\C(=O)CC(=O)/C=C/c1ccc(C#N)cc1. The van der Waals surface area contributed by atoms with E-state index in [0.29, 0.717) is 11.3 Å². The van der Waals surface area contributed by atoms with Gasteiger partial charge in [0.05, 0.1) is 18.1 Å². The summed E-state index contributed by atoms with van der Waals surface area (Å²) in [4.78, 5) is 23.4. The standard InChI is InChI=1S/C21H20N2O2/c1-2-6-19(23)7-4-3-5-8-20(24)15-21(25)14-13-17-9-11-18(16-22)12-10-17/h2-14H,15,23H2,1H3/b4-3+,6-2-,8-5+,14-13+,19-7+. The molecule has 0 saturated heterocycles. The molecule has 1 aromatic carbocycles. The molecule has 126 valence electrons. The second-order valence-corrected chi connectivity index (χ2v) is 5.09. The number of hydrogen-bond donors (Lipinski definition) is 1. The van der Waals surface area contributed by atoms with Gasteiger partial charge >= 0.3 is 0 Å². The molecule has 25 heavy (non-hydrogen) atoms. The van der Waals surface area contributed by atoms with E-state index < -0.39 is 0 Å². The highest BCUT2D eigenvalue weighted by molar-refractivity contribution is 6.09. The molecule has 0 atom stereocenters. The summed E-state index contributed by atoms with van der Waals surface area (Å²) in [5.74, 6) is -0.551. The molecule has 2 N–H and O–H groups in total. The van der Waals surface area contributed by atoms with Crippen molar-refractivity contribution in [3.05, 3.63) is 89.7 Å². The molecule has 0 saturated carbocycles. The number of carbonyl (C=O) groups is 2. The minimum absolute atomic E-state index is 0.187. The average Bonchev–Trinajstić information content (AvgIpc) is 2.60. The molecule has 0 amide bonds. The van der Waals surface area contributed by atoms with Crippen LogP contribution in [0, 0.1) is 11.3 Å². The van der Waals surface area contributed by atoms with Gasteiger partial charge in [-0.25, -0.2) is 0 Å². The first-order valence-electron chi connectivity index (χ1n) is 7.72. The molecule has 0 aliphatic carbocycles. The van der Waals surface area contributed by atoms with E-state index in [2.05, 4.69) is 0 Å². The Morgan fingerprint density at radius 2 is 1.72 bits per heavy atom. The van der Waals surface area contributed by atoms with Crippen molar-refractivity contribution < 1.29 is 9.59 Å². The summed E-state index contributed by atoms with van der Waals surface area (Å²) >= 11 is 0. The predicted molar refractivity (Wildman–Crippen MR) is 100 cm³/mol. The van der Waals surface area contributed by atoms with Crippen LogP contribution in [0.15, 0.2) is 78.6 Å². The zero-order chi connectivity index (χ0) is 18.5. The Morgan fingerprint density at radius 1 is 1.04 bits per heavy atom. The summed E-state index contributed by atoms with van der Waals surface area (Å²) in [7, 11) is 0. The van der Waals surface area contributed by atoms with Gasteiger partial charge in [0, 0.05) is 5.70 Å². The first-order valence-corrected chi connectivity index (χ1v) is 7.72. The maximum absolute atomic E-state index is 11.8. The summed E-state index contributed by atoms with van der Waals surface area (Å²) in [6, 6.07) is 8.84. The molecule has 1 rings (SSSR count). The molecule has 0 fully saturated rings. The Kier molecular flexibility index (Phi) is 8.73. The van der Waals surface area contributed by atoms with Crippen molar-refractivity contribution in [3.8, 4) is 6.07 Å². The number of benzene rings is 1. The maximum Gasteiger partial charge on any atom is 0.163 e. The zero-order valence-electron chi connectivity index (χ0n) is 14.1. The molecule has 0 unspecified atom stereocenters. The Labute approximate surface area is 148 Å². The van der Waals surface area contributed by atoms with Gasteiger partial charge in [-0.2, -0.15) is 5.26 Å². The molecule has 4 heteroatoms. The topological polar surface area (TPSA) is 84.0 Å². The Bertz CT molecular complexity index is 786. The van der Waals surface area contributed by atoms with Gasteiger partial charge in [-0.1, -0.05) is 42.5 Å². The van der Waals surface area contributed by atoms with E-state index in [1.54, 1.807) is 60.7 Å². The molecule has 1 aromatic rings. The molecule has 0 heterocycles. The maximum atomic E-state index is 11.8. The van der Waals surface area contributed by atoms with Crippen molar-refractivity contribution in [3.63, 3.8) is 0 Å². The average molecular weight is 332 g/mol. The Hall–Kier alpha value is -3.45. The fourth-order valence-corrected chi connectivity index (χ4v) is 1.79. The lowest BCUT2D eigenvalue weighted by molar-refractivity contribution is -0.121. The van der Waals surface area contributed by atoms with Crippen LogP contribution in [0.5, 0.6) is 0 Å². The fourth-order valence-electron chi connectivity index (χ4n) is 1.79. The molecule has 4 nitrogen and oxygen atoms in total. The molecular weight excluding hydrogens is 312 g/mol. The van der Waals surface area contributed by atoms with Crippen molar-refractivity contribution in [1.29, 1.82) is 5.26 Å². The molecule has 0 bridgehead atoms. The third kappa shape index (κ3) is 8.68. The lowest BCUT2D eigenvalue weighted by atomic mass is 10.1. The summed E-state index contributed by atoms with van der Waals surface area (Å²) < 4.78 is 0. The summed E-state index contributed by atoms with van der Waals surface area (Å²) in [5.41, 5.74) is 7.62. The number of nitriles is 1. The van der Waals surface area contributed by atoms with Gasteiger partial charge in [0.15, 0.2) is 11.6 Å². The van der Waals surface area contributed by atoms with Gasteiger partial charge in [-0.3, -0.25) is 9.59 Å². The van der Waals surface area contributed by atoms with Crippen LogP contribution in [-0.4, -0.2) is 11.6 Å². The number of ketones is 2. The van der Waals surface area contributed by atoms with E-state index in [-0.39, 0.29) is 18.0 Å². The molecule has 0 spiro atoms. The van der Waals surface area contributed by atoms with Crippen LogP contribution in [0.1, 0.15) is 24.5 Å². The number of rotatable bonds is 8. The summed E-state index contributed by atoms with van der Waals surface area (Å²) in [6.07, 6.45) is 14.4. The Morgan fingerprint density at radius 3 is 2.36 bits per heavy atom. The van der Waals surface area contributed by atoms with E-state index in [9.17, 15) is 9.59 Å². The zero-order valence-corrected chi connectivity index (χ0v) is 14.1. The van der Waals surface area contributed by atoms with Crippen molar-refractivity contribution in [1.82, 2.24) is 0 Å². The highest BCUT2D eigenvalue weighted by Crippen LogP contribution is 2.05. The number of nitrogens with two attached hydrogens (primary N) is 1. The van der Waals surface area contributed by atoms with Crippen LogP contribution < -0.4 is 5.73 Å². The summed E-state index contributed by atoms with van der Waals surface area (Å²) in [6.45, 7) is 1.87. The van der Waals surface area contributed by atoms with E-state index in [4.69, 9.17) is 11.0 Å². The molecule has 0 radical (unpaired) electrons. The van der Waals surface area contributed by atoms with E-state index in [0.717, 1.165) is 5.56 Å². The van der Waals surface area contributed by atoms with Gasteiger partial charge in [-0.05, 0) is 48.9 Å². The van der Waals surface area contributed by atoms with Crippen LogP contribution in [-0.2, 0) is 9.59 Å². The van der Waals surface area contributed by atoms with Gasteiger partial charge < -0.3 is 5.73 Å². The van der Waals surface area contributed by atoms with E-state index in [1.807, 2.05) is 19.1 Å². The van der Waals surface area contributed by atoms with E-state index in [1.165, 1.54) is 12.2 Å². The minimum atomic E-state index is -0.278. The van der Waals surface area contributed by atoms with Crippen LogP contribution in [0.25, 0.3) is 6.08 Å². The van der Waals surface area contributed by atoms with Crippen molar-refractivity contribution in [2.75, 3.05) is 0 Å². The highest BCUT2D eigenvalue weighted by Gasteiger charge is 2.02. The number of carbonyl (C=O) groups excluding carboxylic acids is 2. The number of nitrogens with zero attached hydrogens (tertiary/aromatic N) is 1. The largest absolute Gasteiger partial charge is 0.399 e. The molecule has 0 aliphatic rings. The highest BCUT2D eigenvalue weighted by atomic mass is 16.1. The number of allylic oxidation sites excluding steroid dienone is 8. The predicted octanol–water partition coefficient (Wildman–Crippen LogP) is 3.63. The van der Waals surface area contributed by atoms with Crippen molar-refractivity contribution in [2.45, 2.75) is 13.3 Å². The van der Waals surface area contributed by atoms with Crippen LogP contribution in [0.2, 0.25) is 0 Å². The third-order valence-electron chi connectivity index (χ3n) is 3.00. The lowest BCUT2D eigenvalue weighted by Crippen LogP contribution is -2.01. The van der Waals surface area contributed by atoms with E-state index >= 15 is 0 Å². The molecular formula is C21H20N2O2. The monoisotopic (exact) mass is 332 g/mol. The Balaban J connectivity index is 2.48. The normalized spacial score (nSPS) is 12.4. The van der Waals surface area contributed by atoms with Crippen LogP contribution in [0.3, 0.4) is 0 Å². The van der Waals surface area contributed by atoms with Crippen molar-refractivity contribution in [2.24, 2.45) is 5.73 Å². The van der Waals surface area contributed by atoms with Gasteiger partial charge in [0.1, 0.15) is 0 Å². The molecule has 0 aromatic heterocycles. The van der Waals surface area contributed by atoms with Crippen LogP contribution in [0.4, 0.5) is 0 Å². The van der Waals surface area contributed by atoms with Crippen LogP contribution >= 0.6 is 0 Å². The van der Waals surface area contributed by atoms with Gasteiger partial charge in [0.25, 0.3) is 0 Å². The third-order valence-corrected chi connectivity index (χ3v) is 3.00. The van der Waals surface area contributed by atoms with Gasteiger partial charge in [-0.15, -0.1) is 0 Å². The lowest BCUT2D eigenvalue weighted by Gasteiger charge is -1.93. The second-order valence-electron chi connectivity index (χ2n) is 5.09. The fraction of sp³-hybridized carbons (Fsp3) is 0.0952.